The van der Waals surface area contributed by atoms with Crippen molar-refractivity contribution in [2.75, 3.05) is 18.9 Å². The Labute approximate surface area is 183 Å². The van der Waals surface area contributed by atoms with Crippen LogP contribution in [0.2, 0.25) is 0 Å². The van der Waals surface area contributed by atoms with Gasteiger partial charge < -0.3 is 5.32 Å². The Morgan fingerprint density at radius 3 is 2.09 bits per heavy atom. The van der Waals surface area contributed by atoms with Gasteiger partial charge in [0, 0.05) is 19.3 Å². The highest BCUT2D eigenvalue weighted by molar-refractivity contribution is 7.89. The van der Waals surface area contributed by atoms with Crippen LogP contribution >= 0.6 is 0 Å². The molecule has 2 amide bonds. The number of anilines is 1. The van der Waals surface area contributed by atoms with Gasteiger partial charge in [-0.3, -0.25) is 14.5 Å². The fourth-order valence-electron chi connectivity index (χ4n) is 3.75. The van der Waals surface area contributed by atoms with E-state index in [0.717, 1.165) is 10.5 Å². The van der Waals surface area contributed by atoms with E-state index in [2.05, 4.69) is 5.32 Å². The van der Waals surface area contributed by atoms with Crippen molar-refractivity contribution in [3.8, 4) is 0 Å². The normalized spacial score (nSPS) is 15.2. The Bertz CT molecular complexity index is 1190. The van der Waals surface area contributed by atoms with Crippen LogP contribution in [0.5, 0.6) is 0 Å². The largest absolute Gasteiger partial charge is 0.406 e. The molecule has 0 fully saturated rings. The fraction of sp³-hybridized carbons (Fsp3) is 0.333. The van der Waals surface area contributed by atoms with Gasteiger partial charge in [0.25, 0.3) is 11.8 Å². The number of nitrogens with one attached hydrogen (secondary N) is 2. The Kier molecular flexibility index (Phi) is 6.09. The minimum Gasteiger partial charge on any atom is -0.383 e. The maximum atomic E-state index is 13.6. The van der Waals surface area contributed by atoms with Crippen LogP contribution in [0.25, 0.3) is 0 Å². The van der Waals surface area contributed by atoms with Crippen molar-refractivity contribution in [2.45, 2.75) is 37.9 Å². The number of alkyl halides is 3. The average Bonchev–Trinajstić information content (AvgIpc) is 2.87. The van der Waals surface area contributed by atoms with E-state index in [1.165, 1.54) is 39.1 Å². The number of benzene rings is 2. The first-order chi connectivity index (χ1) is 14.7. The van der Waals surface area contributed by atoms with Crippen molar-refractivity contribution < 1.29 is 31.2 Å². The third-order valence-corrected chi connectivity index (χ3v) is 6.94. The van der Waals surface area contributed by atoms with Crippen molar-refractivity contribution in [3.05, 3.63) is 58.1 Å². The van der Waals surface area contributed by atoms with E-state index in [-0.39, 0.29) is 21.7 Å². The number of halogens is 3. The lowest BCUT2D eigenvalue weighted by Gasteiger charge is -2.23. The van der Waals surface area contributed by atoms with Crippen LogP contribution in [0.4, 0.5) is 18.9 Å². The van der Waals surface area contributed by atoms with Crippen molar-refractivity contribution in [3.63, 3.8) is 0 Å². The number of carbonyl (C=O) groups excluding carboxylic acids is 2. The minimum absolute atomic E-state index is 0.0672. The molecule has 2 aromatic carbocycles. The van der Waals surface area contributed by atoms with Crippen LogP contribution in [0.1, 0.15) is 37.4 Å². The number of amides is 2. The van der Waals surface area contributed by atoms with Gasteiger partial charge >= 0.3 is 6.18 Å². The topological polar surface area (TPSA) is 95.6 Å². The van der Waals surface area contributed by atoms with Crippen LogP contribution in [-0.2, 0) is 10.0 Å². The van der Waals surface area contributed by atoms with Gasteiger partial charge in [-0.15, -0.1) is 0 Å². The molecule has 0 bridgehead atoms. The average molecular weight is 469 g/mol. The molecule has 3 rings (SSSR count). The van der Waals surface area contributed by atoms with Crippen LogP contribution in [-0.4, -0.2) is 50.9 Å². The predicted molar refractivity (Wildman–Crippen MR) is 112 cm³/mol. The fourth-order valence-corrected chi connectivity index (χ4v) is 5.43. The highest BCUT2D eigenvalue weighted by atomic mass is 32.2. The van der Waals surface area contributed by atoms with Crippen LogP contribution in [0.3, 0.4) is 0 Å². The smallest absolute Gasteiger partial charge is 0.383 e. The monoisotopic (exact) mass is 469 g/mol. The second kappa shape index (κ2) is 8.21. The van der Waals surface area contributed by atoms with Gasteiger partial charge in [0.05, 0.1) is 16.0 Å². The molecule has 1 atom stereocenters. The van der Waals surface area contributed by atoms with Gasteiger partial charge in [-0.25, -0.2) is 8.42 Å². The summed E-state index contributed by atoms with van der Waals surface area (Å²) in [6.45, 7) is 3.99. The molecule has 2 N–H and O–H groups in total. The Balaban J connectivity index is 1.84. The maximum absolute atomic E-state index is 13.6. The van der Waals surface area contributed by atoms with E-state index in [1.807, 2.05) is 0 Å². The number of sulfonamides is 1. The van der Waals surface area contributed by atoms with Crippen molar-refractivity contribution >= 4 is 27.5 Å². The summed E-state index contributed by atoms with van der Waals surface area (Å²) in [7, 11) is -3.17. The zero-order chi connectivity index (χ0) is 24.0. The summed E-state index contributed by atoms with van der Waals surface area (Å²) in [5.41, 5.74) is 1.85. The molecular weight excluding hydrogens is 447 g/mol. The lowest BCUT2D eigenvalue weighted by molar-refractivity contribution is -0.148. The third kappa shape index (κ3) is 4.49. The minimum atomic E-state index is -4.88. The second-order valence-electron chi connectivity index (χ2n) is 7.75. The van der Waals surface area contributed by atoms with Crippen molar-refractivity contribution in [2.24, 2.45) is 0 Å². The van der Waals surface area contributed by atoms with E-state index < -0.39 is 40.6 Å². The van der Waals surface area contributed by atoms with E-state index in [1.54, 1.807) is 23.8 Å². The second-order valence-corrected chi connectivity index (χ2v) is 9.40. The van der Waals surface area contributed by atoms with E-state index >= 15 is 0 Å². The Morgan fingerprint density at radius 1 is 0.969 bits per heavy atom. The van der Waals surface area contributed by atoms with E-state index in [9.17, 15) is 31.2 Å². The Hall–Kier alpha value is -2.92. The zero-order valence-electron chi connectivity index (χ0n) is 17.8. The lowest BCUT2D eigenvalue weighted by Crippen LogP contribution is -2.49. The first-order valence-corrected chi connectivity index (χ1v) is 11.1. The molecule has 1 unspecified atom stereocenters. The van der Waals surface area contributed by atoms with Gasteiger partial charge in [0.1, 0.15) is 6.04 Å². The molecule has 0 radical (unpaired) electrons. The quantitative estimate of drug-likeness (QED) is 0.634. The van der Waals surface area contributed by atoms with Crippen LogP contribution in [0.15, 0.2) is 35.2 Å². The number of hydrogen-bond donors (Lipinski definition) is 2. The molecular formula is C21H22F3N3O4S. The first-order valence-electron chi connectivity index (χ1n) is 9.59. The van der Waals surface area contributed by atoms with Crippen LogP contribution in [0, 0.1) is 20.8 Å². The molecule has 32 heavy (non-hydrogen) atoms. The van der Waals surface area contributed by atoms with E-state index in [0.29, 0.717) is 11.1 Å². The number of imide groups is 1. The molecule has 172 valence electrons. The molecule has 0 spiro atoms. The predicted octanol–water partition coefficient (Wildman–Crippen LogP) is 3.16. The SMILES string of the molecule is Cc1cc(C)c(S(=O)(=O)NC(CNc2ccc3c(c2)C(=O)N(C)C3=O)C(F)(F)F)c(C)c1. The molecule has 0 aromatic heterocycles. The van der Waals surface area contributed by atoms with Gasteiger partial charge in [-0.05, 0) is 50.1 Å². The summed E-state index contributed by atoms with van der Waals surface area (Å²) >= 11 is 0. The first kappa shape index (κ1) is 23.7. The number of fused-ring (bicyclic) bond motifs is 1. The number of carbonyl (C=O) groups is 2. The summed E-state index contributed by atoms with van der Waals surface area (Å²) in [6.07, 6.45) is -4.88. The van der Waals surface area contributed by atoms with Crippen molar-refractivity contribution in [1.82, 2.24) is 9.62 Å². The number of hydrogen-bond acceptors (Lipinski definition) is 5. The molecule has 1 aliphatic heterocycles. The van der Waals surface area contributed by atoms with Gasteiger partial charge in [-0.1, -0.05) is 17.7 Å². The molecule has 1 aliphatic rings. The standard InChI is InChI=1S/C21H22F3N3O4S/c1-11-7-12(2)18(13(3)8-11)32(30,31)26-17(21(22,23)24)10-25-14-5-6-15-16(9-14)20(29)27(4)19(15)28/h5-9,17,25-26H,10H2,1-4H3. The molecule has 7 nitrogen and oxygen atoms in total. The molecule has 0 saturated carbocycles. The number of aryl methyl sites for hydroxylation is 3. The van der Waals surface area contributed by atoms with Crippen molar-refractivity contribution in [1.29, 1.82) is 0 Å². The molecule has 0 saturated heterocycles. The molecule has 11 heteroatoms. The summed E-state index contributed by atoms with van der Waals surface area (Å²) in [4.78, 5) is 24.8. The Morgan fingerprint density at radius 2 is 1.53 bits per heavy atom. The summed E-state index contributed by atoms with van der Waals surface area (Å²) < 4.78 is 68.3. The molecule has 1 heterocycles. The van der Waals surface area contributed by atoms with Gasteiger partial charge in [0.15, 0.2) is 0 Å². The maximum Gasteiger partial charge on any atom is 0.406 e. The molecule has 0 aliphatic carbocycles. The number of rotatable bonds is 6. The lowest BCUT2D eigenvalue weighted by atomic mass is 10.1. The summed E-state index contributed by atoms with van der Waals surface area (Å²) in [5, 5.41) is 2.51. The van der Waals surface area contributed by atoms with Crippen LogP contribution < -0.4 is 10.0 Å². The van der Waals surface area contributed by atoms with E-state index in [4.69, 9.17) is 0 Å². The summed E-state index contributed by atoms with van der Waals surface area (Å²) in [6, 6.07) is 4.72. The van der Waals surface area contributed by atoms with Gasteiger partial charge in [-0.2, -0.15) is 17.9 Å². The number of nitrogens with zero attached hydrogens (tertiary/aromatic N) is 1. The third-order valence-electron chi connectivity index (χ3n) is 5.17. The zero-order valence-corrected chi connectivity index (χ0v) is 18.6. The van der Waals surface area contributed by atoms with Gasteiger partial charge in [0.2, 0.25) is 10.0 Å². The molecule has 2 aromatic rings. The highest BCUT2D eigenvalue weighted by Crippen LogP contribution is 2.28. The summed E-state index contributed by atoms with van der Waals surface area (Å²) in [5.74, 6) is -1.06. The highest BCUT2D eigenvalue weighted by Gasteiger charge is 2.43.